The Morgan fingerprint density at radius 1 is 1.38 bits per heavy atom. The first kappa shape index (κ1) is 17.2. The summed E-state index contributed by atoms with van der Waals surface area (Å²) >= 11 is 0. The first-order valence-corrected chi connectivity index (χ1v) is 7.01. The second kappa shape index (κ2) is 7.77. The van der Waals surface area contributed by atoms with Crippen molar-refractivity contribution in [3.05, 3.63) is 29.8 Å². The Morgan fingerprint density at radius 3 is 2.52 bits per heavy atom. The number of hydrogen-bond donors (Lipinski definition) is 2. The summed E-state index contributed by atoms with van der Waals surface area (Å²) in [5.41, 5.74) is 0.993. The Hall–Kier alpha value is -1.90. The Bertz CT molecular complexity index is 503. The molecule has 21 heavy (non-hydrogen) atoms. The normalized spacial score (nSPS) is 11.2. The maximum absolute atomic E-state index is 11.8. The third-order valence-electron chi connectivity index (χ3n) is 3.62. The molecule has 0 saturated heterocycles. The van der Waals surface area contributed by atoms with E-state index < -0.39 is 0 Å². The molecule has 0 saturated carbocycles. The lowest BCUT2D eigenvalue weighted by molar-refractivity contribution is -0.116. The van der Waals surface area contributed by atoms with E-state index in [2.05, 4.69) is 5.32 Å². The summed E-state index contributed by atoms with van der Waals surface area (Å²) in [6, 6.07) is 8.82. The first-order chi connectivity index (χ1) is 9.89. The van der Waals surface area contributed by atoms with E-state index >= 15 is 0 Å². The second-order valence-electron chi connectivity index (χ2n) is 5.73. The highest BCUT2D eigenvalue weighted by atomic mass is 16.3. The topological polar surface area (TPSA) is 76.4 Å². The van der Waals surface area contributed by atoms with Crippen LogP contribution in [-0.4, -0.2) is 41.7 Å². The van der Waals surface area contributed by atoms with Crippen LogP contribution in [0.15, 0.2) is 24.3 Å². The summed E-state index contributed by atoms with van der Waals surface area (Å²) < 4.78 is 0. The SMILES string of the molecule is CN(CCCC(=O)Nc1ccc(C#N)cc1)C(C)(C)CO. The van der Waals surface area contributed by atoms with Crippen molar-refractivity contribution in [3.63, 3.8) is 0 Å². The van der Waals surface area contributed by atoms with Gasteiger partial charge in [0.25, 0.3) is 0 Å². The van der Waals surface area contributed by atoms with Crippen molar-refractivity contribution >= 4 is 11.6 Å². The van der Waals surface area contributed by atoms with Crippen LogP contribution in [-0.2, 0) is 4.79 Å². The average molecular weight is 289 g/mol. The number of likely N-dealkylation sites (N-methyl/N-ethyl adjacent to an activating group) is 1. The standard InChI is InChI=1S/C16H23N3O2/c1-16(2,12-20)19(3)10-4-5-15(21)18-14-8-6-13(11-17)7-9-14/h6-9,20H,4-5,10,12H2,1-3H3,(H,18,21). The molecular formula is C16H23N3O2. The molecule has 114 valence electrons. The number of nitrogens with zero attached hydrogens (tertiary/aromatic N) is 2. The van der Waals surface area contributed by atoms with Gasteiger partial charge in [-0.1, -0.05) is 0 Å². The van der Waals surface area contributed by atoms with Gasteiger partial charge in [0.2, 0.25) is 5.91 Å². The van der Waals surface area contributed by atoms with Crippen LogP contribution in [0.4, 0.5) is 5.69 Å². The number of anilines is 1. The number of nitriles is 1. The Morgan fingerprint density at radius 2 is 2.00 bits per heavy atom. The lowest BCUT2D eigenvalue weighted by Gasteiger charge is -2.33. The molecule has 1 aromatic carbocycles. The van der Waals surface area contributed by atoms with Gasteiger partial charge in [0.15, 0.2) is 0 Å². The van der Waals surface area contributed by atoms with Crippen LogP contribution >= 0.6 is 0 Å². The van der Waals surface area contributed by atoms with E-state index in [0.29, 0.717) is 17.7 Å². The molecule has 0 radical (unpaired) electrons. The number of benzene rings is 1. The summed E-state index contributed by atoms with van der Waals surface area (Å²) in [5.74, 6) is -0.0464. The highest BCUT2D eigenvalue weighted by molar-refractivity contribution is 5.90. The summed E-state index contributed by atoms with van der Waals surface area (Å²) in [5, 5.41) is 20.8. The van der Waals surface area contributed by atoms with Gasteiger partial charge >= 0.3 is 0 Å². The van der Waals surface area contributed by atoms with E-state index in [1.165, 1.54) is 0 Å². The quantitative estimate of drug-likeness (QED) is 0.804. The summed E-state index contributed by atoms with van der Waals surface area (Å²) in [4.78, 5) is 13.9. The molecule has 0 atom stereocenters. The monoisotopic (exact) mass is 289 g/mol. The summed E-state index contributed by atoms with van der Waals surface area (Å²) in [7, 11) is 1.94. The van der Waals surface area contributed by atoms with Crippen molar-refractivity contribution in [1.82, 2.24) is 4.90 Å². The minimum absolute atomic E-state index is 0.0464. The summed E-state index contributed by atoms with van der Waals surface area (Å²) in [6.07, 6.45) is 1.15. The molecule has 1 rings (SSSR count). The number of rotatable bonds is 7. The van der Waals surface area contributed by atoms with Crippen molar-refractivity contribution < 1.29 is 9.90 Å². The van der Waals surface area contributed by atoms with Crippen LogP contribution in [0.1, 0.15) is 32.3 Å². The van der Waals surface area contributed by atoms with Crippen molar-refractivity contribution in [2.45, 2.75) is 32.2 Å². The van der Waals surface area contributed by atoms with Gasteiger partial charge in [-0.05, 0) is 58.1 Å². The number of hydrogen-bond acceptors (Lipinski definition) is 4. The van der Waals surface area contributed by atoms with Gasteiger partial charge in [-0.3, -0.25) is 9.69 Å². The maximum atomic E-state index is 11.8. The largest absolute Gasteiger partial charge is 0.394 e. The fourth-order valence-corrected chi connectivity index (χ4v) is 1.75. The number of aliphatic hydroxyl groups is 1. The minimum atomic E-state index is -0.274. The van der Waals surface area contributed by atoms with Gasteiger partial charge in [0, 0.05) is 17.6 Å². The van der Waals surface area contributed by atoms with E-state index in [0.717, 1.165) is 13.0 Å². The zero-order valence-electron chi connectivity index (χ0n) is 12.9. The predicted octanol–water partition coefficient (Wildman–Crippen LogP) is 1.98. The third-order valence-corrected chi connectivity index (χ3v) is 3.62. The molecule has 0 aliphatic heterocycles. The smallest absolute Gasteiger partial charge is 0.224 e. The highest BCUT2D eigenvalue weighted by Crippen LogP contribution is 2.13. The van der Waals surface area contributed by atoms with E-state index in [9.17, 15) is 9.90 Å². The molecule has 0 unspecified atom stereocenters. The van der Waals surface area contributed by atoms with Gasteiger partial charge in [-0.25, -0.2) is 0 Å². The highest BCUT2D eigenvalue weighted by Gasteiger charge is 2.21. The number of nitrogens with one attached hydrogen (secondary N) is 1. The zero-order chi connectivity index (χ0) is 15.9. The van der Waals surface area contributed by atoms with Gasteiger partial charge in [0.05, 0.1) is 18.2 Å². The van der Waals surface area contributed by atoms with Crippen molar-refractivity contribution in [3.8, 4) is 6.07 Å². The van der Waals surface area contributed by atoms with Gasteiger partial charge < -0.3 is 10.4 Å². The van der Waals surface area contributed by atoms with Crippen LogP contribution in [0.2, 0.25) is 0 Å². The molecule has 5 nitrogen and oxygen atoms in total. The molecule has 0 aliphatic carbocycles. The number of amides is 1. The lowest BCUT2D eigenvalue weighted by Crippen LogP contribution is -2.44. The molecule has 2 N–H and O–H groups in total. The van der Waals surface area contributed by atoms with E-state index in [-0.39, 0.29) is 18.1 Å². The molecule has 1 amide bonds. The molecule has 1 aromatic rings. The number of carbonyl (C=O) groups is 1. The predicted molar refractivity (Wildman–Crippen MR) is 82.8 cm³/mol. The average Bonchev–Trinajstić information content (AvgIpc) is 2.47. The van der Waals surface area contributed by atoms with Crippen molar-refractivity contribution in [1.29, 1.82) is 5.26 Å². The maximum Gasteiger partial charge on any atom is 0.224 e. The lowest BCUT2D eigenvalue weighted by atomic mass is 10.0. The van der Waals surface area contributed by atoms with Gasteiger partial charge in [0.1, 0.15) is 0 Å². The minimum Gasteiger partial charge on any atom is -0.394 e. The fourth-order valence-electron chi connectivity index (χ4n) is 1.75. The van der Waals surface area contributed by atoms with E-state index in [1.54, 1.807) is 24.3 Å². The van der Waals surface area contributed by atoms with E-state index in [1.807, 2.05) is 31.9 Å². The molecule has 0 aliphatic rings. The Kier molecular flexibility index (Phi) is 6.35. The molecule has 0 aromatic heterocycles. The van der Waals surface area contributed by atoms with Crippen LogP contribution in [0.5, 0.6) is 0 Å². The molecule has 0 fully saturated rings. The third kappa shape index (κ3) is 5.54. The van der Waals surface area contributed by atoms with E-state index in [4.69, 9.17) is 5.26 Å². The molecular weight excluding hydrogens is 266 g/mol. The molecule has 0 heterocycles. The van der Waals surface area contributed by atoms with Crippen molar-refractivity contribution in [2.24, 2.45) is 0 Å². The van der Waals surface area contributed by atoms with Crippen LogP contribution in [0.3, 0.4) is 0 Å². The van der Waals surface area contributed by atoms with Gasteiger partial charge in [-0.15, -0.1) is 0 Å². The number of aliphatic hydroxyl groups excluding tert-OH is 1. The van der Waals surface area contributed by atoms with Crippen LogP contribution in [0.25, 0.3) is 0 Å². The molecule has 0 bridgehead atoms. The number of carbonyl (C=O) groups excluding carboxylic acids is 1. The van der Waals surface area contributed by atoms with Crippen LogP contribution in [0, 0.1) is 11.3 Å². The Labute approximate surface area is 126 Å². The van der Waals surface area contributed by atoms with Crippen LogP contribution < -0.4 is 5.32 Å². The van der Waals surface area contributed by atoms with Gasteiger partial charge in [-0.2, -0.15) is 5.26 Å². The summed E-state index contributed by atoms with van der Waals surface area (Å²) in [6.45, 7) is 4.75. The fraction of sp³-hybridized carbons (Fsp3) is 0.500. The molecule has 0 spiro atoms. The molecule has 5 heteroatoms. The van der Waals surface area contributed by atoms with Crippen molar-refractivity contribution in [2.75, 3.05) is 25.5 Å². The Balaban J connectivity index is 2.36. The zero-order valence-corrected chi connectivity index (χ0v) is 12.9. The first-order valence-electron chi connectivity index (χ1n) is 7.01. The second-order valence-corrected chi connectivity index (χ2v) is 5.73.